The number of hydrogen-bond donors (Lipinski definition) is 2. The second-order valence-electron chi connectivity index (χ2n) is 7.66. The Morgan fingerprint density at radius 1 is 0.842 bits per heavy atom. The van der Waals surface area contributed by atoms with Crippen LogP contribution < -0.4 is 29.0 Å². The number of ether oxygens (including phenoxy) is 4. The normalized spacial score (nSPS) is 11.4. The first-order chi connectivity index (χ1) is 18.2. The minimum Gasteiger partial charge on any atom is -0.496 e. The van der Waals surface area contributed by atoms with Gasteiger partial charge in [-0.15, -0.1) is 0 Å². The van der Waals surface area contributed by atoms with Gasteiger partial charge in [0.25, 0.3) is 10.0 Å². The molecule has 0 fully saturated rings. The van der Waals surface area contributed by atoms with E-state index in [0.717, 1.165) is 9.88 Å². The first-order valence-electron chi connectivity index (χ1n) is 11.1. The average molecular weight is 603 g/mol. The lowest BCUT2D eigenvalue weighted by atomic mass is 10.1. The number of sulfonamides is 1. The van der Waals surface area contributed by atoms with E-state index >= 15 is 0 Å². The quantitative estimate of drug-likeness (QED) is 0.200. The van der Waals surface area contributed by atoms with Crippen LogP contribution in [0.15, 0.2) is 76.8 Å². The van der Waals surface area contributed by atoms with Gasteiger partial charge in [0.1, 0.15) is 23.0 Å². The molecular formula is C27H27BrN2O7S. The number of ketones is 1. The molecule has 11 heteroatoms. The second kappa shape index (κ2) is 13.0. The molecule has 200 valence electrons. The van der Waals surface area contributed by atoms with E-state index in [1.165, 1.54) is 46.8 Å². The Morgan fingerprint density at radius 3 is 2.05 bits per heavy atom. The molecule has 0 aliphatic heterocycles. The van der Waals surface area contributed by atoms with Gasteiger partial charge in [0, 0.05) is 34.4 Å². The first-order valence-corrected chi connectivity index (χ1v) is 13.5. The van der Waals surface area contributed by atoms with E-state index in [4.69, 9.17) is 18.9 Å². The van der Waals surface area contributed by atoms with Crippen molar-refractivity contribution < 1.29 is 32.2 Å². The second-order valence-corrected chi connectivity index (χ2v) is 10.1. The third-order valence-corrected chi connectivity index (χ3v) is 6.77. The van der Waals surface area contributed by atoms with Crippen molar-refractivity contribution in [3.63, 3.8) is 0 Å². The summed E-state index contributed by atoms with van der Waals surface area (Å²) in [5.74, 6) is 1.52. The fourth-order valence-corrected chi connectivity index (χ4v) is 4.46. The van der Waals surface area contributed by atoms with Crippen molar-refractivity contribution in [3.8, 4) is 23.0 Å². The number of rotatable bonds is 12. The van der Waals surface area contributed by atoms with Gasteiger partial charge in [0.2, 0.25) is 0 Å². The van der Waals surface area contributed by atoms with E-state index in [9.17, 15) is 13.2 Å². The zero-order valence-electron chi connectivity index (χ0n) is 21.1. The maximum atomic E-state index is 12.8. The fourth-order valence-electron chi connectivity index (χ4n) is 3.35. The van der Waals surface area contributed by atoms with Crippen LogP contribution in [0.2, 0.25) is 0 Å². The SMILES string of the molecule is COc1cc(OC)c(/C=C/S(=O)(=O)Nc2ccc(OC)c(N/C=C\C(=O)c3ccc(Br)cc3)c2)c(OC)c1. The number of hydrogen-bond acceptors (Lipinski definition) is 8. The fraction of sp³-hybridized carbons (Fsp3) is 0.148. The third-order valence-electron chi connectivity index (χ3n) is 5.23. The molecule has 2 N–H and O–H groups in total. The highest BCUT2D eigenvalue weighted by atomic mass is 79.9. The molecule has 0 saturated heterocycles. The molecule has 9 nitrogen and oxygen atoms in total. The Balaban J connectivity index is 1.78. The van der Waals surface area contributed by atoms with Crippen molar-refractivity contribution in [2.45, 2.75) is 0 Å². The van der Waals surface area contributed by atoms with Crippen molar-refractivity contribution in [2.75, 3.05) is 38.5 Å². The topological polar surface area (TPSA) is 112 Å². The summed E-state index contributed by atoms with van der Waals surface area (Å²) in [7, 11) is 1.99. The van der Waals surface area contributed by atoms with E-state index in [0.29, 0.717) is 39.8 Å². The summed E-state index contributed by atoms with van der Waals surface area (Å²) in [5.41, 5.74) is 1.68. The Hall–Kier alpha value is -3.96. The summed E-state index contributed by atoms with van der Waals surface area (Å²) in [5, 5.41) is 3.98. The minimum absolute atomic E-state index is 0.199. The molecule has 3 aromatic carbocycles. The molecular weight excluding hydrogens is 576 g/mol. The lowest BCUT2D eigenvalue weighted by Gasteiger charge is -2.13. The molecule has 0 heterocycles. The number of nitrogens with one attached hydrogen (secondary N) is 2. The summed E-state index contributed by atoms with van der Waals surface area (Å²) in [6.07, 6.45) is 4.21. The Morgan fingerprint density at radius 2 is 1.47 bits per heavy atom. The molecule has 38 heavy (non-hydrogen) atoms. The van der Waals surface area contributed by atoms with E-state index in [-0.39, 0.29) is 11.5 Å². The maximum Gasteiger partial charge on any atom is 0.255 e. The van der Waals surface area contributed by atoms with Gasteiger partial charge in [0.05, 0.1) is 50.8 Å². The van der Waals surface area contributed by atoms with Gasteiger partial charge in [-0.25, -0.2) is 8.42 Å². The van der Waals surface area contributed by atoms with Crippen molar-refractivity contribution in [1.29, 1.82) is 0 Å². The van der Waals surface area contributed by atoms with E-state index < -0.39 is 10.0 Å². The number of methoxy groups -OCH3 is 4. The summed E-state index contributed by atoms with van der Waals surface area (Å²) >= 11 is 3.34. The van der Waals surface area contributed by atoms with Crippen molar-refractivity contribution in [1.82, 2.24) is 0 Å². The van der Waals surface area contributed by atoms with Crippen molar-refractivity contribution >= 4 is 49.2 Å². The Bertz CT molecular complexity index is 1430. The van der Waals surface area contributed by atoms with Crippen LogP contribution in [0.4, 0.5) is 11.4 Å². The zero-order valence-corrected chi connectivity index (χ0v) is 23.6. The Kier molecular flexibility index (Phi) is 9.80. The standard InChI is InChI=1S/C27H27BrN2O7S/c1-34-21-16-26(36-3)22(27(17-21)37-4)12-14-38(32,33)30-20-9-10-25(35-2)23(15-20)29-13-11-24(31)18-5-7-19(28)8-6-18/h5-17,29-30H,1-4H3/b13-11-,14-12+. The number of carbonyl (C=O) groups is 1. The van der Waals surface area contributed by atoms with Gasteiger partial charge in [0.15, 0.2) is 5.78 Å². The maximum absolute atomic E-state index is 12.8. The molecule has 0 aromatic heterocycles. The third kappa shape index (κ3) is 7.53. The van der Waals surface area contributed by atoms with Crippen LogP contribution in [-0.4, -0.2) is 42.6 Å². The predicted octanol–water partition coefficient (Wildman–Crippen LogP) is 5.70. The number of benzene rings is 3. The van der Waals surface area contributed by atoms with Gasteiger partial charge >= 0.3 is 0 Å². The first kappa shape index (κ1) is 28.6. The van der Waals surface area contributed by atoms with E-state index in [2.05, 4.69) is 26.0 Å². The van der Waals surface area contributed by atoms with Crippen LogP contribution >= 0.6 is 15.9 Å². The summed E-state index contributed by atoms with van der Waals surface area (Å²) < 4.78 is 50.3. The van der Waals surface area contributed by atoms with Gasteiger partial charge in [-0.1, -0.05) is 15.9 Å². The van der Waals surface area contributed by atoms with Crippen LogP contribution in [0, 0.1) is 0 Å². The van der Waals surface area contributed by atoms with Gasteiger partial charge in [-0.05, 0) is 48.5 Å². The molecule has 0 unspecified atom stereocenters. The summed E-state index contributed by atoms with van der Waals surface area (Å²) in [6, 6.07) is 14.9. The predicted molar refractivity (Wildman–Crippen MR) is 152 cm³/mol. The molecule has 3 aromatic rings. The average Bonchev–Trinajstić information content (AvgIpc) is 2.91. The lowest BCUT2D eigenvalue weighted by molar-refractivity contribution is 0.104. The number of allylic oxidation sites excluding steroid dienone is 1. The Labute approximate surface area is 230 Å². The van der Waals surface area contributed by atoms with Crippen molar-refractivity contribution in [2.24, 2.45) is 0 Å². The highest BCUT2D eigenvalue weighted by molar-refractivity contribution is 9.10. The number of halogens is 1. The zero-order chi connectivity index (χ0) is 27.7. The molecule has 0 bridgehead atoms. The smallest absolute Gasteiger partial charge is 0.255 e. The molecule has 0 spiro atoms. The number of anilines is 2. The van der Waals surface area contributed by atoms with Gasteiger partial charge in [-0.3, -0.25) is 9.52 Å². The van der Waals surface area contributed by atoms with E-state index in [1.807, 2.05) is 0 Å². The molecule has 3 rings (SSSR count). The minimum atomic E-state index is -3.93. The lowest BCUT2D eigenvalue weighted by Crippen LogP contribution is -2.09. The van der Waals surface area contributed by atoms with Crippen LogP contribution in [0.5, 0.6) is 23.0 Å². The molecule has 0 atom stereocenters. The molecule has 0 radical (unpaired) electrons. The molecule has 0 amide bonds. The van der Waals surface area contributed by atoms with Crippen LogP contribution in [0.1, 0.15) is 15.9 Å². The van der Waals surface area contributed by atoms with Gasteiger partial charge in [-0.2, -0.15) is 0 Å². The van der Waals surface area contributed by atoms with Crippen LogP contribution in [-0.2, 0) is 10.0 Å². The highest BCUT2D eigenvalue weighted by Gasteiger charge is 2.14. The molecule has 0 aliphatic rings. The summed E-state index contributed by atoms with van der Waals surface area (Å²) in [6.45, 7) is 0. The van der Waals surface area contributed by atoms with E-state index in [1.54, 1.807) is 54.6 Å². The van der Waals surface area contributed by atoms with Gasteiger partial charge < -0.3 is 24.3 Å². The largest absolute Gasteiger partial charge is 0.496 e. The molecule has 0 aliphatic carbocycles. The van der Waals surface area contributed by atoms with Crippen LogP contribution in [0.25, 0.3) is 6.08 Å². The van der Waals surface area contributed by atoms with Crippen LogP contribution in [0.3, 0.4) is 0 Å². The molecule has 0 saturated carbocycles. The number of carbonyl (C=O) groups excluding carboxylic acids is 1. The highest BCUT2D eigenvalue weighted by Crippen LogP contribution is 2.35. The monoisotopic (exact) mass is 602 g/mol. The summed E-state index contributed by atoms with van der Waals surface area (Å²) in [4.78, 5) is 12.4. The van der Waals surface area contributed by atoms with Crippen molar-refractivity contribution in [3.05, 3.63) is 87.9 Å².